The number of fused-ring (bicyclic) bond motifs is 3. The Morgan fingerprint density at radius 3 is 2.59 bits per heavy atom. The third-order valence-electron chi connectivity index (χ3n) is 5.32. The highest BCUT2D eigenvalue weighted by Gasteiger charge is 2.15. The predicted octanol–water partition coefficient (Wildman–Crippen LogP) is 2.97. The lowest BCUT2D eigenvalue weighted by atomic mass is 10.1. The minimum Gasteiger partial charge on any atom is -0.484 e. The SMILES string of the molecule is Cc1cccc(OCC(=O)NNC(=O)CCc2c(C)nc3c4ccccc4nn3c2C)c1. The standard InChI is InChI=1S/C24H25N5O3/c1-15-7-6-8-18(13-15)32-14-23(31)27-26-22(30)12-11-19-16(2)25-24-20-9-4-5-10-21(20)28-29(24)17(19)3/h4-10,13H,11-12,14H2,1-3H3,(H,26,30)(H,27,31). The molecule has 0 aliphatic heterocycles. The fourth-order valence-electron chi connectivity index (χ4n) is 3.67. The molecule has 0 bridgehead atoms. The summed E-state index contributed by atoms with van der Waals surface area (Å²) in [5.74, 6) is -0.122. The molecule has 0 fully saturated rings. The van der Waals surface area contributed by atoms with Crippen LogP contribution in [0, 0.1) is 20.8 Å². The van der Waals surface area contributed by atoms with Crippen molar-refractivity contribution in [1.29, 1.82) is 0 Å². The van der Waals surface area contributed by atoms with Crippen molar-refractivity contribution < 1.29 is 14.3 Å². The van der Waals surface area contributed by atoms with E-state index in [1.807, 2.05) is 67.8 Å². The molecule has 0 atom stereocenters. The van der Waals surface area contributed by atoms with Crippen LogP contribution in [-0.2, 0) is 16.0 Å². The molecule has 0 radical (unpaired) electrons. The van der Waals surface area contributed by atoms with Crippen LogP contribution >= 0.6 is 0 Å². The van der Waals surface area contributed by atoms with Gasteiger partial charge in [0.15, 0.2) is 12.3 Å². The number of hydrazine groups is 1. The summed E-state index contributed by atoms with van der Waals surface area (Å²) in [7, 11) is 0. The first kappa shape index (κ1) is 21.3. The summed E-state index contributed by atoms with van der Waals surface area (Å²) >= 11 is 0. The maximum absolute atomic E-state index is 12.3. The number of benzene rings is 2. The van der Waals surface area contributed by atoms with Crippen LogP contribution in [0.15, 0.2) is 48.5 Å². The van der Waals surface area contributed by atoms with Crippen LogP contribution in [0.25, 0.3) is 16.6 Å². The number of carbonyl (C=O) groups is 2. The molecular formula is C24H25N5O3. The van der Waals surface area contributed by atoms with E-state index in [1.54, 1.807) is 6.07 Å². The van der Waals surface area contributed by atoms with Crippen LogP contribution in [0.1, 0.15) is 28.9 Å². The van der Waals surface area contributed by atoms with Crippen molar-refractivity contribution in [2.45, 2.75) is 33.6 Å². The molecule has 2 aromatic heterocycles. The molecule has 4 aromatic rings. The third-order valence-corrected chi connectivity index (χ3v) is 5.32. The second-order valence-corrected chi connectivity index (χ2v) is 7.72. The van der Waals surface area contributed by atoms with Gasteiger partial charge in [-0.15, -0.1) is 0 Å². The molecule has 0 saturated heterocycles. The Bertz CT molecular complexity index is 1310. The van der Waals surface area contributed by atoms with E-state index in [9.17, 15) is 9.59 Å². The Morgan fingerprint density at radius 2 is 1.78 bits per heavy atom. The Hall–Kier alpha value is -3.94. The number of rotatable bonds is 6. The van der Waals surface area contributed by atoms with Gasteiger partial charge in [0.1, 0.15) is 5.75 Å². The van der Waals surface area contributed by atoms with Gasteiger partial charge >= 0.3 is 0 Å². The van der Waals surface area contributed by atoms with Gasteiger partial charge in [0, 0.05) is 23.2 Å². The molecule has 2 aromatic carbocycles. The second-order valence-electron chi connectivity index (χ2n) is 7.72. The quantitative estimate of drug-likeness (QED) is 0.458. The third kappa shape index (κ3) is 4.54. The number of aromatic nitrogens is 3. The summed E-state index contributed by atoms with van der Waals surface area (Å²) in [6, 6.07) is 15.3. The highest BCUT2D eigenvalue weighted by atomic mass is 16.5. The summed E-state index contributed by atoms with van der Waals surface area (Å²) in [5.41, 5.74) is 10.3. The van der Waals surface area contributed by atoms with Crippen LogP contribution in [0.2, 0.25) is 0 Å². The second kappa shape index (κ2) is 9.05. The smallest absolute Gasteiger partial charge is 0.276 e. The van der Waals surface area contributed by atoms with Gasteiger partial charge < -0.3 is 4.74 Å². The van der Waals surface area contributed by atoms with E-state index in [0.717, 1.165) is 39.1 Å². The molecule has 32 heavy (non-hydrogen) atoms. The summed E-state index contributed by atoms with van der Waals surface area (Å²) in [6.45, 7) is 5.67. The lowest BCUT2D eigenvalue weighted by Crippen LogP contribution is -2.43. The van der Waals surface area contributed by atoms with Gasteiger partial charge in [-0.1, -0.05) is 24.3 Å². The Labute approximate surface area is 185 Å². The average molecular weight is 431 g/mol. The number of hydrogen-bond acceptors (Lipinski definition) is 5. The molecule has 2 N–H and O–H groups in total. The summed E-state index contributed by atoms with van der Waals surface area (Å²) in [4.78, 5) is 28.9. The number of aryl methyl sites for hydroxylation is 3. The Balaban J connectivity index is 1.33. The monoisotopic (exact) mass is 431 g/mol. The van der Waals surface area contributed by atoms with Crippen molar-refractivity contribution in [2.75, 3.05) is 6.61 Å². The van der Waals surface area contributed by atoms with E-state index in [2.05, 4.69) is 16.0 Å². The van der Waals surface area contributed by atoms with Crippen LogP contribution in [0.4, 0.5) is 0 Å². The predicted molar refractivity (Wildman–Crippen MR) is 121 cm³/mol. The van der Waals surface area contributed by atoms with Gasteiger partial charge in [0.2, 0.25) is 5.91 Å². The van der Waals surface area contributed by atoms with Crippen molar-refractivity contribution in [3.63, 3.8) is 0 Å². The lowest BCUT2D eigenvalue weighted by Gasteiger charge is -2.12. The maximum atomic E-state index is 12.3. The van der Waals surface area contributed by atoms with Crippen LogP contribution in [-0.4, -0.2) is 33.0 Å². The van der Waals surface area contributed by atoms with E-state index >= 15 is 0 Å². The molecule has 8 heteroatoms. The molecule has 2 heterocycles. The molecule has 164 valence electrons. The van der Waals surface area contributed by atoms with Crippen LogP contribution in [0.5, 0.6) is 5.75 Å². The number of carbonyl (C=O) groups excluding carboxylic acids is 2. The first-order chi connectivity index (χ1) is 15.4. The van der Waals surface area contributed by atoms with Gasteiger partial charge in [0.05, 0.1) is 5.52 Å². The molecule has 4 rings (SSSR count). The number of hydrogen-bond donors (Lipinski definition) is 2. The number of ether oxygens (including phenoxy) is 1. The summed E-state index contributed by atoms with van der Waals surface area (Å²) in [5, 5.41) is 5.64. The number of nitrogens with zero attached hydrogens (tertiary/aromatic N) is 3. The van der Waals surface area contributed by atoms with E-state index in [0.29, 0.717) is 12.2 Å². The highest BCUT2D eigenvalue weighted by Crippen LogP contribution is 2.22. The zero-order valence-corrected chi connectivity index (χ0v) is 18.3. The van der Waals surface area contributed by atoms with E-state index in [1.165, 1.54) is 0 Å². The van der Waals surface area contributed by atoms with Gasteiger partial charge in [-0.05, 0) is 62.6 Å². The molecule has 8 nitrogen and oxygen atoms in total. The summed E-state index contributed by atoms with van der Waals surface area (Å²) < 4.78 is 7.25. The van der Waals surface area contributed by atoms with Gasteiger partial charge in [-0.3, -0.25) is 20.4 Å². The maximum Gasteiger partial charge on any atom is 0.276 e. The minimum atomic E-state index is -0.432. The van der Waals surface area contributed by atoms with Crippen molar-refractivity contribution >= 4 is 28.4 Å². The first-order valence-electron chi connectivity index (χ1n) is 10.4. The van der Waals surface area contributed by atoms with E-state index in [-0.39, 0.29) is 18.9 Å². The molecule has 2 amide bonds. The molecule has 0 spiro atoms. The highest BCUT2D eigenvalue weighted by molar-refractivity contribution is 5.92. The molecule has 0 aliphatic carbocycles. The van der Waals surface area contributed by atoms with Crippen molar-refractivity contribution in [1.82, 2.24) is 25.4 Å². The topological polar surface area (TPSA) is 97.6 Å². The van der Waals surface area contributed by atoms with E-state index in [4.69, 9.17) is 9.72 Å². The minimum absolute atomic E-state index is 0.185. The van der Waals surface area contributed by atoms with Crippen LogP contribution in [0.3, 0.4) is 0 Å². The molecular weight excluding hydrogens is 406 g/mol. The average Bonchev–Trinajstić information content (AvgIpc) is 3.15. The van der Waals surface area contributed by atoms with Gasteiger partial charge in [-0.2, -0.15) is 5.10 Å². The zero-order chi connectivity index (χ0) is 22.7. The lowest BCUT2D eigenvalue weighted by molar-refractivity contribution is -0.130. The normalized spacial score (nSPS) is 11.0. The molecule has 0 aliphatic rings. The fourth-order valence-corrected chi connectivity index (χ4v) is 3.67. The Morgan fingerprint density at radius 1 is 1.00 bits per heavy atom. The number of nitrogens with one attached hydrogen (secondary N) is 2. The first-order valence-corrected chi connectivity index (χ1v) is 10.4. The van der Waals surface area contributed by atoms with E-state index < -0.39 is 5.91 Å². The Kier molecular flexibility index (Phi) is 6.02. The van der Waals surface area contributed by atoms with Gasteiger partial charge in [0.25, 0.3) is 5.91 Å². The fraction of sp³-hybridized carbons (Fsp3) is 0.250. The largest absolute Gasteiger partial charge is 0.484 e. The van der Waals surface area contributed by atoms with Crippen molar-refractivity contribution in [2.24, 2.45) is 0 Å². The summed E-state index contributed by atoms with van der Waals surface area (Å²) in [6.07, 6.45) is 0.687. The van der Waals surface area contributed by atoms with Crippen molar-refractivity contribution in [3.8, 4) is 5.75 Å². The zero-order valence-electron chi connectivity index (χ0n) is 18.3. The van der Waals surface area contributed by atoms with Crippen LogP contribution < -0.4 is 15.6 Å². The van der Waals surface area contributed by atoms with Crippen molar-refractivity contribution in [3.05, 3.63) is 71.0 Å². The number of amides is 2. The van der Waals surface area contributed by atoms with Gasteiger partial charge in [-0.25, -0.2) is 9.50 Å². The molecule has 0 saturated carbocycles. The molecule has 0 unspecified atom stereocenters.